The van der Waals surface area contributed by atoms with Gasteiger partial charge >= 0.3 is 5.97 Å². The van der Waals surface area contributed by atoms with Crippen molar-refractivity contribution in [2.24, 2.45) is 15.9 Å². The number of carboxylic acids is 1. The van der Waals surface area contributed by atoms with Crippen LogP contribution in [0.5, 0.6) is 0 Å². The highest BCUT2D eigenvalue weighted by molar-refractivity contribution is 8.14. The van der Waals surface area contributed by atoms with Gasteiger partial charge in [0, 0.05) is 30.4 Å². The Hall–Kier alpha value is -3.15. The number of carbonyl (C=O) groups excluding carboxylic acids is 2. The molecule has 0 saturated carbocycles. The van der Waals surface area contributed by atoms with E-state index < -0.39 is 29.2 Å². The molecule has 1 saturated heterocycles. The van der Waals surface area contributed by atoms with E-state index in [1.807, 2.05) is 0 Å². The Bertz CT molecular complexity index is 1210. The van der Waals surface area contributed by atoms with Crippen LogP contribution in [0, 0.1) is 5.41 Å². The fraction of sp³-hybridized carbons (Fsp3) is 0.421. The molecular weight excluding hydrogens is 530 g/mol. The maximum absolute atomic E-state index is 13.0. The average Bonchev–Trinajstić information content (AvgIpc) is 3.26. The Labute approximate surface area is 217 Å². The number of carbonyl (C=O) groups is 3. The number of thioether (sulfide) groups is 2. The lowest BCUT2D eigenvalue weighted by Gasteiger charge is -2.49. The molecule has 1 fully saturated rings. The summed E-state index contributed by atoms with van der Waals surface area (Å²) in [4.78, 5) is 53.8. The van der Waals surface area contributed by atoms with Crippen LogP contribution in [0.4, 0.5) is 5.13 Å². The van der Waals surface area contributed by atoms with E-state index in [-0.39, 0.29) is 40.0 Å². The third-order valence-corrected chi connectivity index (χ3v) is 8.65. The molecule has 3 aliphatic rings. The molecule has 0 radical (unpaired) electrons. The fourth-order valence-electron chi connectivity index (χ4n) is 3.70. The molecule has 4 heterocycles. The first kappa shape index (κ1) is 25.9. The topological polar surface area (TPSA) is 213 Å². The van der Waals surface area contributed by atoms with Gasteiger partial charge in [-0.15, -0.1) is 23.1 Å². The third-order valence-electron chi connectivity index (χ3n) is 5.51. The second-order valence-electron chi connectivity index (χ2n) is 7.82. The highest BCUT2D eigenvalue weighted by atomic mass is 32.2. The largest absolute Gasteiger partial charge is 0.477 e. The van der Waals surface area contributed by atoms with Gasteiger partial charge in [-0.2, -0.15) is 0 Å². The zero-order chi connectivity index (χ0) is 26.1. The molecule has 0 spiro atoms. The molecule has 2 unspecified atom stereocenters. The van der Waals surface area contributed by atoms with Crippen molar-refractivity contribution in [2.75, 3.05) is 31.4 Å². The Morgan fingerprint density at radius 2 is 2.22 bits per heavy atom. The van der Waals surface area contributed by atoms with Gasteiger partial charge in [0.2, 0.25) is 0 Å². The number of fused-ring (bicyclic) bond motifs is 1. The molecule has 17 heteroatoms. The maximum Gasteiger partial charge on any atom is 0.352 e. The van der Waals surface area contributed by atoms with Crippen molar-refractivity contribution in [3.8, 4) is 0 Å². The van der Waals surface area contributed by atoms with Crippen LogP contribution in [0.25, 0.3) is 0 Å². The number of nitrogens with two attached hydrogens (primary N) is 2. The van der Waals surface area contributed by atoms with Gasteiger partial charge in [-0.1, -0.05) is 16.9 Å². The van der Waals surface area contributed by atoms with Crippen LogP contribution < -0.4 is 16.8 Å². The summed E-state index contributed by atoms with van der Waals surface area (Å²) < 4.78 is 0. The number of nitrogens with one attached hydrogen (secondary N) is 2. The number of aliphatic imine (C=N–C) groups is 1. The number of oxime groups is 1. The van der Waals surface area contributed by atoms with Crippen molar-refractivity contribution >= 4 is 74.5 Å². The van der Waals surface area contributed by atoms with Crippen LogP contribution in [0.15, 0.2) is 26.8 Å². The van der Waals surface area contributed by atoms with Gasteiger partial charge in [0.15, 0.2) is 16.0 Å². The van der Waals surface area contributed by atoms with Crippen LogP contribution in [0.3, 0.4) is 0 Å². The maximum atomic E-state index is 13.0. The van der Waals surface area contributed by atoms with E-state index in [1.165, 1.54) is 40.9 Å². The predicted molar refractivity (Wildman–Crippen MR) is 138 cm³/mol. The quantitative estimate of drug-likeness (QED) is 0.165. The second-order valence-corrected chi connectivity index (χ2v) is 10.8. The summed E-state index contributed by atoms with van der Waals surface area (Å²) in [6.45, 7) is 0. The molecule has 0 aromatic carbocycles. The number of β-lactam (4-membered cyclic amide) rings is 1. The minimum Gasteiger partial charge on any atom is -0.477 e. The molecule has 0 bridgehead atoms. The molecule has 192 valence electrons. The van der Waals surface area contributed by atoms with Crippen molar-refractivity contribution < 1.29 is 24.3 Å². The Kier molecular flexibility index (Phi) is 7.53. The zero-order valence-corrected chi connectivity index (χ0v) is 21.6. The second kappa shape index (κ2) is 10.5. The average molecular weight is 554 g/mol. The lowest BCUT2D eigenvalue weighted by atomic mass is 10.0. The number of rotatable bonds is 7. The number of aliphatic carboxylic acids is 1. The van der Waals surface area contributed by atoms with E-state index in [0.717, 1.165) is 11.3 Å². The van der Waals surface area contributed by atoms with Crippen LogP contribution in [-0.2, 0) is 19.2 Å². The van der Waals surface area contributed by atoms with Crippen molar-refractivity contribution in [1.82, 2.24) is 20.1 Å². The zero-order valence-electron chi connectivity index (χ0n) is 19.1. The van der Waals surface area contributed by atoms with Gasteiger partial charge in [-0.3, -0.25) is 19.9 Å². The highest BCUT2D eigenvalue weighted by Crippen LogP contribution is 2.41. The van der Waals surface area contributed by atoms with E-state index in [0.29, 0.717) is 22.9 Å². The number of carboxylic acid groups (broad SMARTS) is 1. The number of amides is 2. The van der Waals surface area contributed by atoms with E-state index in [4.69, 9.17) is 21.7 Å². The fourth-order valence-corrected chi connectivity index (χ4v) is 6.78. The third kappa shape index (κ3) is 4.91. The minimum atomic E-state index is -1.24. The molecule has 4 rings (SSSR count). The van der Waals surface area contributed by atoms with Crippen LogP contribution >= 0.6 is 34.9 Å². The van der Waals surface area contributed by atoms with Crippen molar-refractivity contribution in [1.29, 1.82) is 5.41 Å². The van der Waals surface area contributed by atoms with Gasteiger partial charge in [0.05, 0.1) is 6.17 Å². The highest BCUT2D eigenvalue weighted by Gasteiger charge is 2.54. The van der Waals surface area contributed by atoms with Gasteiger partial charge < -0.3 is 31.6 Å². The monoisotopic (exact) mass is 553 g/mol. The van der Waals surface area contributed by atoms with Crippen molar-refractivity contribution in [3.05, 3.63) is 22.3 Å². The number of hydrogen-bond acceptors (Lipinski definition) is 13. The van der Waals surface area contributed by atoms with E-state index in [2.05, 4.69) is 20.4 Å². The number of anilines is 1. The van der Waals surface area contributed by atoms with Crippen LogP contribution in [0.2, 0.25) is 0 Å². The van der Waals surface area contributed by atoms with E-state index >= 15 is 0 Å². The summed E-state index contributed by atoms with van der Waals surface area (Å²) in [5.41, 5.74) is 12.1. The number of nitrogens with zero attached hydrogens (tertiary/aromatic N) is 5. The van der Waals surface area contributed by atoms with Gasteiger partial charge in [0.25, 0.3) is 11.8 Å². The summed E-state index contributed by atoms with van der Waals surface area (Å²) in [5.74, 6) is -1.75. The minimum absolute atomic E-state index is 0.113. The number of nitrogen functional groups attached to an aromatic ring is 1. The smallest absolute Gasteiger partial charge is 0.352 e. The van der Waals surface area contributed by atoms with Gasteiger partial charge in [0.1, 0.15) is 35.8 Å². The molecule has 3 aliphatic heterocycles. The van der Waals surface area contributed by atoms with Gasteiger partial charge in [-0.05, 0) is 5.57 Å². The number of hydrogen-bond donors (Lipinski definition) is 5. The van der Waals surface area contributed by atoms with Gasteiger partial charge in [-0.25, -0.2) is 14.8 Å². The molecule has 3 atom stereocenters. The first-order chi connectivity index (χ1) is 17.1. The summed E-state index contributed by atoms with van der Waals surface area (Å²) in [5, 5.41) is 25.7. The molecule has 14 nitrogen and oxygen atoms in total. The summed E-state index contributed by atoms with van der Waals surface area (Å²) in [6, 6.07) is -0.948. The first-order valence-electron chi connectivity index (χ1n) is 10.4. The van der Waals surface area contributed by atoms with E-state index in [1.54, 1.807) is 11.9 Å². The molecule has 1 aromatic heterocycles. The molecule has 36 heavy (non-hydrogen) atoms. The molecule has 1 aromatic rings. The summed E-state index contributed by atoms with van der Waals surface area (Å²) in [7, 11) is 3.03. The lowest BCUT2D eigenvalue weighted by molar-refractivity contribution is -0.150. The molecular formula is C19H23N9O5S3. The van der Waals surface area contributed by atoms with Crippen LogP contribution in [0.1, 0.15) is 12.1 Å². The first-order valence-corrected chi connectivity index (χ1v) is 13.3. The number of aromatic nitrogens is 1. The predicted octanol–water partition coefficient (Wildman–Crippen LogP) is -0.499. The Morgan fingerprint density at radius 3 is 2.86 bits per heavy atom. The molecule has 2 amide bonds. The Balaban J connectivity index is 1.48. The SMILES string of the molecule is CON=C(C(=O)NC1C(=O)N2C(C(=O)O)=C(CSC3=NC(=N)CC(N)N3C)CS[C@@H]12)c1csc(N)n1. The number of thiazole rings is 1. The van der Waals surface area contributed by atoms with Crippen LogP contribution in [-0.4, -0.2) is 97.6 Å². The summed E-state index contributed by atoms with van der Waals surface area (Å²) >= 11 is 3.72. The van der Waals surface area contributed by atoms with Crippen molar-refractivity contribution in [2.45, 2.75) is 24.0 Å². The van der Waals surface area contributed by atoms with Crippen molar-refractivity contribution in [3.63, 3.8) is 0 Å². The summed E-state index contributed by atoms with van der Waals surface area (Å²) in [6.07, 6.45) is -0.0624. The molecule has 0 aliphatic carbocycles. The van der Waals surface area contributed by atoms with E-state index in [9.17, 15) is 19.5 Å². The standard InChI is InChI=1S/C19H23N9O5S3/c1-27-10(21)3-9(20)24-19(27)36-5-7-4-34-16-12(15(30)28(16)13(7)17(31)32)25-14(29)11(26-33-2)8-6-35-18(22)23-8/h6,10,12,16,20H,3-5,21H2,1-2H3,(H2,22,23)(H,25,29)(H,31,32)/t10?,12?,16-/m0/s1. The molecule has 7 N–H and O–H groups in total. The lowest BCUT2D eigenvalue weighted by Crippen LogP contribution is -2.71. The normalized spacial score (nSPS) is 24.2. The number of amidine groups is 2. The Morgan fingerprint density at radius 1 is 1.47 bits per heavy atom.